The van der Waals surface area contributed by atoms with Gasteiger partial charge in [0.05, 0.1) is 16.7 Å². The molecule has 5 nitrogen and oxygen atoms in total. The van der Waals surface area contributed by atoms with E-state index in [0.717, 1.165) is 47.6 Å². The third-order valence-electron chi connectivity index (χ3n) is 8.49. The number of aromatic nitrogens is 3. The Hall–Kier alpha value is -3.86. The number of imidazole rings is 1. The van der Waals surface area contributed by atoms with E-state index in [2.05, 4.69) is 115 Å². The van der Waals surface area contributed by atoms with E-state index in [0.29, 0.717) is 11.8 Å². The Morgan fingerprint density at radius 1 is 0.923 bits per heavy atom. The van der Waals surface area contributed by atoms with E-state index in [1.54, 1.807) is 0 Å². The van der Waals surface area contributed by atoms with Crippen molar-refractivity contribution in [3.63, 3.8) is 0 Å². The van der Waals surface area contributed by atoms with Crippen molar-refractivity contribution in [1.82, 2.24) is 19.0 Å². The average molecular weight is 519 g/mol. The fourth-order valence-electron chi connectivity index (χ4n) is 6.27. The van der Waals surface area contributed by atoms with Crippen LogP contribution in [0.5, 0.6) is 0 Å². The molecule has 2 aromatic heterocycles. The molecule has 3 heterocycles. The Kier molecular flexibility index (Phi) is 6.54. The summed E-state index contributed by atoms with van der Waals surface area (Å²) in [5.74, 6) is 2.20. The van der Waals surface area contributed by atoms with Crippen molar-refractivity contribution in [1.29, 1.82) is 0 Å². The number of carbonyl (C=O) groups excluding carboxylic acids is 1. The van der Waals surface area contributed by atoms with Gasteiger partial charge in [-0.25, -0.2) is 4.98 Å². The van der Waals surface area contributed by atoms with Crippen LogP contribution in [-0.4, -0.2) is 37.5 Å². The summed E-state index contributed by atoms with van der Waals surface area (Å²) in [7, 11) is 0. The number of hydrogen-bond donors (Lipinski definition) is 0. The van der Waals surface area contributed by atoms with Crippen LogP contribution in [0.4, 0.5) is 0 Å². The lowest BCUT2D eigenvalue weighted by atomic mass is 9.94. The minimum atomic E-state index is 0.117. The van der Waals surface area contributed by atoms with Gasteiger partial charge in [-0.3, -0.25) is 4.79 Å². The normalized spacial score (nSPS) is 17.8. The predicted octanol–water partition coefficient (Wildman–Crippen LogP) is 7.79. The van der Waals surface area contributed by atoms with Crippen LogP contribution >= 0.6 is 0 Å². The van der Waals surface area contributed by atoms with Gasteiger partial charge in [0.2, 0.25) is 0 Å². The van der Waals surface area contributed by atoms with E-state index < -0.39 is 0 Å². The number of amides is 1. The summed E-state index contributed by atoms with van der Waals surface area (Å²) in [6.45, 7) is 12.7. The molecular formula is C34H38N4O. The number of rotatable bonds is 6. The summed E-state index contributed by atoms with van der Waals surface area (Å²) in [6, 6.07) is 27.9. The molecule has 0 spiro atoms. The highest BCUT2D eigenvalue weighted by Gasteiger charge is 2.34. The standard InChI is InChI=1S/C34H38N4O/c1-22(2)28-17-24(5)36(21-28)34(39)27-15-16-31-29(18-27)35-33(38(31)23(3)4)32-19-26-13-9-10-14-30(26)37(32)20-25-11-7-6-8-12-25/h6-16,18-19,22-24,28H,17,20-21H2,1-5H3/t24-,28?/m0/s1. The number of hydrogen-bond acceptors (Lipinski definition) is 2. The van der Waals surface area contributed by atoms with Gasteiger partial charge in [0.25, 0.3) is 5.91 Å². The quantitative estimate of drug-likeness (QED) is 0.230. The molecule has 200 valence electrons. The van der Waals surface area contributed by atoms with Crippen LogP contribution in [0.15, 0.2) is 78.9 Å². The van der Waals surface area contributed by atoms with Crippen molar-refractivity contribution < 1.29 is 4.79 Å². The van der Waals surface area contributed by atoms with Gasteiger partial charge >= 0.3 is 0 Å². The monoisotopic (exact) mass is 518 g/mol. The second-order valence-electron chi connectivity index (χ2n) is 11.8. The maximum Gasteiger partial charge on any atom is 0.254 e. The summed E-state index contributed by atoms with van der Waals surface area (Å²) < 4.78 is 4.68. The Labute approximate surface area is 231 Å². The third kappa shape index (κ3) is 4.54. The van der Waals surface area contributed by atoms with E-state index >= 15 is 0 Å². The van der Waals surface area contributed by atoms with Gasteiger partial charge in [0, 0.05) is 41.6 Å². The molecule has 5 aromatic rings. The molecule has 1 fully saturated rings. The van der Waals surface area contributed by atoms with Crippen molar-refractivity contribution in [3.8, 4) is 11.5 Å². The second kappa shape index (κ2) is 10.0. The number of fused-ring (bicyclic) bond motifs is 2. The van der Waals surface area contributed by atoms with Crippen molar-refractivity contribution in [2.45, 2.75) is 59.7 Å². The lowest BCUT2D eigenvalue weighted by molar-refractivity contribution is 0.0741. The van der Waals surface area contributed by atoms with Crippen molar-refractivity contribution >= 4 is 27.8 Å². The zero-order chi connectivity index (χ0) is 27.3. The molecule has 1 unspecified atom stereocenters. The summed E-state index contributed by atoms with van der Waals surface area (Å²) in [5.41, 5.74) is 6.18. The molecule has 0 radical (unpaired) electrons. The first-order chi connectivity index (χ1) is 18.8. The van der Waals surface area contributed by atoms with Gasteiger partial charge in [0.15, 0.2) is 5.82 Å². The fourth-order valence-corrected chi connectivity index (χ4v) is 6.27. The zero-order valence-electron chi connectivity index (χ0n) is 23.6. The number of carbonyl (C=O) groups is 1. The predicted molar refractivity (Wildman–Crippen MR) is 160 cm³/mol. The smallest absolute Gasteiger partial charge is 0.254 e. The largest absolute Gasteiger partial charge is 0.336 e. The lowest BCUT2D eigenvalue weighted by Gasteiger charge is -2.22. The molecule has 1 aliphatic rings. The van der Waals surface area contributed by atoms with Crippen LogP contribution in [0.2, 0.25) is 0 Å². The van der Waals surface area contributed by atoms with Gasteiger partial charge < -0.3 is 14.0 Å². The molecule has 6 rings (SSSR count). The Morgan fingerprint density at radius 2 is 1.67 bits per heavy atom. The van der Waals surface area contributed by atoms with Gasteiger partial charge in [-0.15, -0.1) is 0 Å². The van der Waals surface area contributed by atoms with Gasteiger partial charge in [-0.1, -0.05) is 62.4 Å². The van der Waals surface area contributed by atoms with Crippen molar-refractivity contribution in [3.05, 3.63) is 90.0 Å². The highest BCUT2D eigenvalue weighted by Crippen LogP contribution is 2.35. The third-order valence-corrected chi connectivity index (χ3v) is 8.49. The first kappa shape index (κ1) is 25.4. The molecule has 1 aliphatic heterocycles. The summed E-state index contributed by atoms with van der Waals surface area (Å²) in [6.07, 6.45) is 1.07. The summed E-state index contributed by atoms with van der Waals surface area (Å²) in [5, 5.41) is 1.20. The topological polar surface area (TPSA) is 43.1 Å². The minimum absolute atomic E-state index is 0.117. The molecule has 0 saturated carbocycles. The van der Waals surface area contributed by atoms with Crippen LogP contribution in [0.3, 0.4) is 0 Å². The molecular weight excluding hydrogens is 480 g/mol. The van der Waals surface area contributed by atoms with E-state index in [4.69, 9.17) is 4.98 Å². The SMILES string of the molecule is CC(C)C1C[C@H](C)N(C(=O)c2ccc3c(c2)nc(-c2cc4ccccc4n2Cc2ccccc2)n3C(C)C)C1. The van der Waals surface area contributed by atoms with E-state index in [1.165, 1.54) is 16.5 Å². The Balaban J connectivity index is 1.45. The van der Waals surface area contributed by atoms with Gasteiger partial charge in [-0.2, -0.15) is 0 Å². The highest BCUT2D eigenvalue weighted by atomic mass is 16.2. The molecule has 1 amide bonds. The maximum absolute atomic E-state index is 13.6. The van der Waals surface area contributed by atoms with Gasteiger partial charge in [0.1, 0.15) is 0 Å². The molecule has 5 heteroatoms. The van der Waals surface area contributed by atoms with Crippen LogP contribution in [0.25, 0.3) is 33.5 Å². The number of para-hydroxylation sites is 1. The lowest BCUT2D eigenvalue weighted by Crippen LogP contribution is -2.34. The molecule has 39 heavy (non-hydrogen) atoms. The molecule has 0 N–H and O–H groups in total. The highest BCUT2D eigenvalue weighted by molar-refractivity contribution is 5.98. The maximum atomic E-state index is 13.6. The number of likely N-dealkylation sites (tertiary alicyclic amines) is 1. The zero-order valence-corrected chi connectivity index (χ0v) is 23.6. The van der Waals surface area contributed by atoms with Crippen LogP contribution in [0, 0.1) is 11.8 Å². The summed E-state index contributed by atoms with van der Waals surface area (Å²) in [4.78, 5) is 20.9. The fraction of sp³-hybridized carbons (Fsp3) is 0.353. The van der Waals surface area contributed by atoms with E-state index in [-0.39, 0.29) is 18.0 Å². The van der Waals surface area contributed by atoms with Crippen LogP contribution < -0.4 is 0 Å². The number of benzene rings is 3. The molecule has 2 atom stereocenters. The first-order valence-electron chi connectivity index (χ1n) is 14.3. The molecule has 1 saturated heterocycles. The summed E-state index contributed by atoms with van der Waals surface area (Å²) >= 11 is 0. The molecule has 3 aromatic carbocycles. The van der Waals surface area contributed by atoms with Crippen molar-refractivity contribution in [2.24, 2.45) is 11.8 Å². The average Bonchev–Trinajstić information content (AvgIpc) is 3.61. The molecule has 0 aliphatic carbocycles. The van der Waals surface area contributed by atoms with Crippen molar-refractivity contribution in [2.75, 3.05) is 6.54 Å². The van der Waals surface area contributed by atoms with E-state index in [1.807, 2.05) is 12.1 Å². The van der Waals surface area contributed by atoms with Gasteiger partial charge in [-0.05, 0) is 74.9 Å². The first-order valence-corrected chi connectivity index (χ1v) is 14.3. The number of nitrogens with zero attached hydrogens (tertiary/aromatic N) is 4. The Bertz CT molecular complexity index is 1640. The molecule has 0 bridgehead atoms. The minimum Gasteiger partial charge on any atom is -0.336 e. The van der Waals surface area contributed by atoms with Crippen LogP contribution in [0.1, 0.15) is 63.0 Å². The van der Waals surface area contributed by atoms with E-state index in [9.17, 15) is 4.79 Å². The van der Waals surface area contributed by atoms with Crippen LogP contribution in [-0.2, 0) is 6.54 Å². The second-order valence-corrected chi connectivity index (χ2v) is 11.8. The Morgan fingerprint density at radius 3 is 2.38 bits per heavy atom.